The number of aromatic nitrogens is 4. The first-order valence-electron chi connectivity index (χ1n) is 8.63. The number of H-pyrrole nitrogens is 1. The van der Waals surface area contributed by atoms with E-state index in [1.165, 1.54) is 5.56 Å². The van der Waals surface area contributed by atoms with E-state index in [0.29, 0.717) is 12.6 Å². The van der Waals surface area contributed by atoms with E-state index >= 15 is 0 Å². The van der Waals surface area contributed by atoms with Crippen molar-refractivity contribution < 1.29 is 4.74 Å². The van der Waals surface area contributed by atoms with E-state index < -0.39 is 0 Å². The summed E-state index contributed by atoms with van der Waals surface area (Å²) >= 11 is 0. The first-order chi connectivity index (χ1) is 12.4. The van der Waals surface area contributed by atoms with Crippen molar-refractivity contribution in [3.05, 3.63) is 48.4 Å². The Morgan fingerprint density at radius 2 is 2.16 bits per heavy atom. The topological polar surface area (TPSA) is 79.0 Å². The van der Waals surface area contributed by atoms with Crippen molar-refractivity contribution in [2.45, 2.75) is 19.1 Å². The van der Waals surface area contributed by atoms with Gasteiger partial charge in [-0.05, 0) is 12.0 Å². The molecule has 0 bridgehead atoms. The van der Waals surface area contributed by atoms with Crippen molar-refractivity contribution in [2.24, 2.45) is 0 Å². The second-order valence-electron chi connectivity index (χ2n) is 6.32. The molecular weight excluding hydrogens is 316 g/mol. The van der Waals surface area contributed by atoms with Crippen LogP contribution in [0.5, 0.6) is 0 Å². The lowest BCUT2D eigenvalue weighted by molar-refractivity contribution is 0.0990. The fourth-order valence-electron chi connectivity index (χ4n) is 3.18. The van der Waals surface area contributed by atoms with Gasteiger partial charge in [-0.2, -0.15) is 5.10 Å². The SMILES string of the molecule is c1ccc(COCCN2CCC(Nc3ncnc4[nH]ncc34)C2)cc1. The van der Waals surface area contributed by atoms with Gasteiger partial charge in [-0.25, -0.2) is 9.97 Å². The molecule has 0 amide bonds. The lowest BCUT2D eigenvalue weighted by atomic mass is 10.2. The van der Waals surface area contributed by atoms with Crippen LogP contribution in [0.15, 0.2) is 42.9 Å². The van der Waals surface area contributed by atoms with Gasteiger partial charge in [-0.3, -0.25) is 10.00 Å². The van der Waals surface area contributed by atoms with E-state index in [2.05, 4.69) is 42.5 Å². The van der Waals surface area contributed by atoms with E-state index in [4.69, 9.17) is 4.74 Å². The Morgan fingerprint density at radius 3 is 3.08 bits per heavy atom. The number of nitrogens with one attached hydrogen (secondary N) is 2. The zero-order valence-electron chi connectivity index (χ0n) is 14.1. The number of anilines is 1. The zero-order chi connectivity index (χ0) is 16.9. The number of nitrogens with zero attached hydrogens (tertiary/aromatic N) is 4. The molecule has 130 valence electrons. The molecular formula is C18H22N6O. The summed E-state index contributed by atoms with van der Waals surface area (Å²) in [6.07, 6.45) is 4.43. The molecule has 0 radical (unpaired) electrons. The van der Waals surface area contributed by atoms with Crippen molar-refractivity contribution in [1.82, 2.24) is 25.1 Å². The summed E-state index contributed by atoms with van der Waals surface area (Å²) in [5.74, 6) is 0.853. The molecule has 25 heavy (non-hydrogen) atoms. The highest BCUT2D eigenvalue weighted by molar-refractivity contribution is 5.85. The average Bonchev–Trinajstić information content (AvgIpc) is 3.29. The molecule has 1 atom stereocenters. The molecule has 0 spiro atoms. The van der Waals surface area contributed by atoms with Gasteiger partial charge in [0.25, 0.3) is 0 Å². The molecule has 4 rings (SSSR count). The Kier molecular flexibility index (Phi) is 4.85. The molecule has 1 aliphatic rings. The maximum absolute atomic E-state index is 5.79. The maximum atomic E-state index is 5.79. The second-order valence-corrected chi connectivity index (χ2v) is 6.32. The quantitative estimate of drug-likeness (QED) is 0.642. The van der Waals surface area contributed by atoms with Crippen LogP contribution < -0.4 is 5.32 Å². The number of hydrogen-bond donors (Lipinski definition) is 2. The number of benzene rings is 1. The number of likely N-dealkylation sites (tertiary alicyclic amines) is 1. The summed E-state index contributed by atoms with van der Waals surface area (Å²) < 4.78 is 5.79. The molecule has 1 aliphatic heterocycles. The summed E-state index contributed by atoms with van der Waals surface area (Å²) in [5.41, 5.74) is 1.98. The molecule has 1 aromatic carbocycles. The number of aromatic amines is 1. The fraction of sp³-hybridized carbons (Fsp3) is 0.389. The van der Waals surface area contributed by atoms with E-state index in [0.717, 1.165) is 49.5 Å². The molecule has 0 aliphatic carbocycles. The van der Waals surface area contributed by atoms with E-state index in [-0.39, 0.29) is 0 Å². The third-order valence-electron chi connectivity index (χ3n) is 4.52. The monoisotopic (exact) mass is 338 g/mol. The minimum atomic E-state index is 0.391. The van der Waals surface area contributed by atoms with Crippen molar-refractivity contribution in [1.29, 1.82) is 0 Å². The van der Waals surface area contributed by atoms with Crippen LogP contribution in [0.3, 0.4) is 0 Å². The van der Waals surface area contributed by atoms with Crippen LogP contribution in [0, 0.1) is 0 Å². The van der Waals surface area contributed by atoms with Crippen molar-refractivity contribution in [3.63, 3.8) is 0 Å². The standard InChI is InChI=1S/C18H22N6O/c1-2-4-14(5-3-1)12-25-9-8-24-7-6-15(11-24)22-17-16-10-21-23-18(16)20-13-19-17/h1-5,10,13,15H,6-9,11-12H2,(H2,19,20,21,22,23). The Hall–Kier alpha value is -2.51. The summed E-state index contributed by atoms with van der Waals surface area (Å²) in [5, 5.41) is 11.4. The smallest absolute Gasteiger partial charge is 0.160 e. The summed E-state index contributed by atoms with van der Waals surface area (Å²) in [7, 11) is 0. The van der Waals surface area contributed by atoms with Gasteiger partial charge in [0.05, 0.1) is 24.8 Å². The molecule has 3 heterocycles. The first kappa shape index (κ1) is 16.0. The highest BCUT2D eigenvalue weighted by Gasteiger charge is 2.23. The molecule has 7 nitrogen and oxygen atoms in total. The Balaban J connectivity index is 1.22. The predicted octanol–water partition coefficient (Wildman–Crippen LogP) is 2.06. The first-order valence-corrected chi connectivity index (χ1v) is 8.63. The minimum absolute atomic E-state index is 0.391. The number of fused-ring (bicyclic) bond motifs is 1. The van der Waals surface area contributed by atoms with E-state index in [1.54, 1.807) is 12.5 Å². The van der Waals surface area contributed by atoms with Gasteiger partial charge in [-0.1, -0.05) is 30.3 Å². The lowest BCUT2D eigenvalue weighted by Crippen LogP contribution is -2.29. The van der Waals surface area contributed by atoms with Crippen molar-refractivity contribution in [2.75, 3.05) is 31.6 Å². The van der Waals surface area contributed by atoms with Crippen LogP contribution in [0.4, 0.5) is 5.82 Å². The third kappa shape index (κ3) is 3.94. The Labute approximate surface area is 146 Å². The Morgan fingerprint density at radius 1 is 1.24 bits per heavy atom. The zero-order valence-corrected chi connectivity index (χ0v) is 14.1. The summed E-state index contributed by atoms with van der Waals surface area (Å²) in [4.78, 5) is 10.9. The van der Waals surface area contributed by atoms with Gasteiger partial charge in [0.15, 0.2) is 5.65 Å². The highest BCUT2D eigenvalue weighted by Crippen LogP contribution is 2.20. The minimum Gasteiger partial charge on any atom is -0.375 e. The third-order valence-corrected chi connectivity index (χ3v) is 4.52. The van der Waals surface area contributed by atoms with E-state index in [9.17, 15) is 0 Å². The van der Waals surface area contributed by atoms with Gasteiger partial charge < -0.3 is 10.1 Å². The van der Waals surface area contributed by atoms with Crippen LogP contribution in [-0.2, 0) is 11.3 Å². The average molecular weight is 338 g/mol. The van der Waals surface area contributed by atoms with Crippen LogP contribution in [0.1, 0.15) is 12.0 Å². The molecule has 2 aromatic heterocycles. The largest absolute Gasteiger partial charge is 0.375 e. The highest BCUT2D eigenvalue weighted by atomic mass is 16.5. The van der Waals surface area contributed by atoms with Gasteiger partial charge in [0.1, 0.15) is 12.1 Å². The predicted molar refractivity (Wildman–Crippen MR) is 96.2 cm³/mol. The van der Waals surface area contributed by atoms with Crippen LogP contribution in [0.2, 0.25) is 0 Å². The normalized spacial score (nSPS) is 18.0. The summed E-state index contributed by atoms with van der Waals surface area (Å²) in [6, 6.07) is 10.7. The fourth-order valence-corrected chi connectivity index (χ4v) is 3.18. The Bertz CT molecular complexity index is 805. The van der Waals surface area contributed by atoms with Gasteiger partial charge in [0.2, 0.25) is 0 Å². The summed E-state index contributed by atoms with van der Waals surface area (Å²) in [6.45, 7) is 4.46. The van der Waals surface area contributed by atoms with Gasteiger partial charge >= 0.3 is 0 Å². The molecule has 2 N–H and O–H groups in total. The van der Waals surface area contributed by atoms with Crippen molar-refractivity contribution in [3.8, 4) is 0 Å². The van der Waals surface area contributed by atoms with Crippen LogP contribution in [-0.4, -0.2) is 57.3 Å². The van der Waals surface area contributed by atoms with E-state index in [1.807, 2.05) is 18.2 Å². The van der Waals surface area contributed by atoms with Crippen LogP contribution in [0.25, 0.3) is 11.0 Å². The lowest BCUT2D eigenvalue weighted by Gasteiger charge is -2.17. The van der Waals surface area contributed by atoms with Crippen LogP contribution >= 0.6 is 0 Å². The molecule has 0 saturated carbocycles. The number of ether oxygens (including phenoxy) is 1. The molecule has 1 fully saturated rings. The molecule has 3 aromatic rings. The molecule has 1 saturated heterocycles. The maximum Gasteiger partial charge on any atom is 0.160 e. The number of hydrogen-bond acceptors (Lipinski definition) is 6. The van der Waals surface area contributed by atoms with Gasteiger partial charge in [0, 0.05) is 25.7 Å². The second kappa shape index (κ2) is 7.58. The number of rotatable bonds is 7. The molecule has 1 unspecified atom stereocenters. The van der Waals surface area contributed by atoms with Crippen molar-refractivity contribution >= 4 is 16.9 Å². The molecule has 7 heteroatoms. The van der Waals surface area contributed by atoms with Gasteiger partial charge in [-0.15, -0.1) is 0 Å².